The van der Waals surface area contributed by atoms with Gasteiger partial charge in [-0.3, -0.25) is 4.79 Å². The quantitative estimate of drug-likeness (QED) is 0.799. The Kier molecular flexibility index (Phi) is 4.06. The topological polar surface area (TPSA) is 38.3 Å². The number of benzene rings is 1. The predicted octanol–water partition coefficient (Wildman–Crippen LogP) is 4.90. The lowest BCUT2D eigenvalue weighted by Crippen LogP contribution is -2.39. The van der Waals surface area contributed by atoms with Crippen molar-refractivity contribution in [3.63, 3.8) is 0 Å². The third-order valence-electron chi connectivity index (χ3n) is 7.12. The molecule has 1 aromatic carbocycles. The minimum absolute atomic E-state index is 0.598. The molecule has 0 bridgehead atoms. The molecule has 3 aliphatic rings. The molecule has 0 aliphatic heterocycles. The van der Waals surface area contributed by atoms with Gasteiger partial charge in [0, 0.05) is 0 Å². The zero-order valence-corrected chi connectivity index (χ0v) is 14.9. The summed E-state index contributed by atoms with van der Waals surface area (Å²) in [5.41, 5.74) is 4.34. The molecule has 1 amide bonds. The number of rotatable bonds is 4. The summed E-state index contributed by atoms with van der Waals surface area (Å²) in [4.78, 5) is 10.9. The Hall–Kier alpha value is -1.51. The minimum atomic E-state index is 0.598. The number of fused-ring (bicyclic) bond motifs is 5. The van der Waals surface area contributed by atoms with Crippen LogP contribution in [0.5, 0.6) is 5.75 Å². The highest BCUT2D eigenvalue weighted by atomic mass is 16.5. The molecule has 4 atom stereocenters. The fourth-order valence-corrected chi connectivity index (χ4v) is 6.04. The van der Waals surface area contributed by atoms with Crippen molar-refractivity contribution in [1.29, 1.82) is 0 Å². The van der Waals surface area contributed by atoms with Gasteiger partial charge in [-0.05, 0) is 91.9 Å². The van der Waals surface area contributed by atoms with Crippen LogP contribution < -0.4 is 10.1 Å². The molecule has 0 spiro atoms. The smallest absolute Gasteiger partial charge is 0.211 e. The third kappa shape index (κ3) is 2.44. The normalized spacial score (nSPS) is 34.0. The number of hydrogen-bond donors (Lipinski definition) is 1. The van der Waals surface area contributed by atoms with Crippen LogP contribution >= 0.6 is 0 Å². The van der Waals surface area contributed by atoms with Gasteiger partial charge in [0.1, 0.15) is 5.75 Å². The summed E-state index contributed by atoms with van der Waals surface area (Å²) >= 11 is 0. The van der Waals surface area contributed by atoms with Gasteiger partial charge in [-0.25, -0.2) is 0 Å². The fraction of sp³-hybridized carbons (Fsp3) is 0.667. The largest absolute Gasteiger partial charge is 0.492 e. The molecule has 2 fully saturated rings. The Balaban J connectivity index is 1.70. The number of hydrogen-bond acceptors (Lipinski definition) is 2. The van der Waals surface area contributed by atoms with E-state index in [1.807, 2.05) is 6.92 Å². The van der Waals surface area contributed by atoms with E-state index in [1.165, 1.54) is 49.7 Å². The Bertz CT molecular complexity index is 641. The Morgan fingerprint density at radius 2 is 2.17 bits per heavy atom. The van der Waals surface area contributed by atoms with Gasteiger partial charge in [0.2, 0.25) is 6.41 Å². The van der Waals surface area contributed by atoms with Crippen LogP contribution in [0.25, 0.3) is 0 Å². The first kappa shape index (κ1) is 16.0. The maximum Gasteiger partial charge on any atom is 0.211 e. The van der Waals surface area contributed by atoms with E-state index in [2.05, 4.69) is 24.4 Å². The standard InChI is InChI=1S/C21H29NO2/c1-3-24-20-12-17-14(11-19(20)22-13-23)6-7-16-15(17)8-10-21(2)9-4-5-18(16)21/h11-13,15-16,18H,3-10H2,1-2H3,(H,22,23). The lowest BCUT2D eigenvalue weighted by molar-refractivity contribution is -0.105. The third-order valence-corrected chi connectivity index (χ3v) is 7.12. The highest BCUT2D eigenvalue weighted by Gasteiger charge is 2.50. The Morgan fingerprint density at radius 1 is 1.29 bits per heavy atom. The highest BCUT2D eigenvalue weighted by molar-refractivity contribution is 5.76. The Labute approximate surface area is 145 Å². The van der Waals surface area contributed by atoms with Crippen molar-refractivity contribution >= 4 is 12.1 Å². The molecule has 3 heteroatoms. The lowest BCUT2D eigenvalue weighted by atomic mass is 9.56. The van der Waals surface area contributed by atoms with Crippen molar-refractivity contribution < 1.29 is 9.53 Å². The summed E-state index contributed by atoms with van der Waals surface area (Å²) in [5, 5.41) is 2.82. The Morgan fingerprint density at radius 3 is 2.96 bits per heavy atom. The van der Waals surface area contributed by atoms with Gasteiger partial charge < -0.3 is 10.1 Å². The van der Waals surface area contributed by atoms with Crippen LogP contribution in [-0.4, -0.2) is 13.0 Å². The van der Waals surface area contributed by atoms with Gasteiger partial charge in [-0.1, -0.05) is 13.3 Å². The predicted molar refractivity (Wildman–Crippen MR) is 96.5 cm³/mol. The highest BCUT2D eigenvalue weighted by Crippen LogP contribution is 2.61. The molecule has 1 aromatic rings. The number of nitrogens with one attached hydrogen (secondary N) is 1. The minimum Gasteiger partial charge on any atom is -0.492 e. The summed E-state index contributed by atoms with van der Waals surface area (Å²) < 4.78 is 5.82. The molecule has 3 nitrogen and oxygen atoms in total. The van der Waals surface area contributed by atoms with E-state index in [9.17, 15) is 4.79 Å². The van der Waals surface area contributed by atoms with Gasteiger partial charge >= 0.3 is 0 Å². The van der Waals surface area contributed by atoms with Crippen molar-refractivity contribution in [3.05, 3.63) is 23.3 Å². The molecule has 2 saturated carbocycles. The van der Waals surface area contributed by atoms with Gasteiger partial charge in [0.15, 0.2) is 0 Å². The number of carbonyl (C=O) groups is 1. The molecule has 4 rings (SSSR count). The number of anilines is 1. The van der Waals surface area contributed by atoms with E-state index in [-0.39, 0.29) is 0 Å². The number of amides is 1. The van der Waals surface area contributed by atoms with Crippen molar-refractivity contribution in [2.75, 3.05) is 11.9 Å². The zero-order valence-electron chi connectivity index (χ0n) is 14.9. The van der Waals surface area contributed by atoms with Crippen molar-refractivity contribution in [2.24, 2.45) is 17.3 Å². The van der Waals surface area contributed by atoms with E-state index >= 15 is 0 Å². The van der Waals surface area contributed by atoms with Crippen LogP contribution in [0.1, 0.15) is 69.4 Å². The first-order chi connectivity index (χ1) is 11.7. The summed E-state index contributed by atoms with van der Waals surface area (Å²) in [5.74, 6) is 3.28. The lowest BCUT2D eigenvalue weighted by Gasteiger charge is -2.49. The zero-order chi connectivity index (χ0) is 16.7. The maximum absolute atomic E-state index is 10.9. The molecular weight excluding hydrogens is 298 g/mol. The molecular formula is C21H29NO2. The molecule has 0 heterocycles. The van der Waals surface area contributed by atoms with Crippen LogP contribution in [0.2, 0.25) is 0 Å². The average molecular weight is 327 g/mol. The number of carbonyl (C=O) groups excluding carboxylic acids is 1. The van der Waals surface area contributed by atoms with Crippen molar-refractivity contribution in [1.82, 2.24) is 0 Å². The van der Waals surface area contributed by atoms with Gasteiger partial charge in [-0.2, -0.15) is 0 Å². The molecule has 0 radical (unpaired) electrons. The van der Waals surface area contributed by atoms with Gasteiger partial charge in [-0.15, -0.1) is 0 Å². The van der Waals surface area contributed by atoms with Crippen LogP contribution in [0.3, 0.4) is 0 Å². The van der Waals surface area contributed by atoms with Gasteiger partial charge in [0.05, 0.1) is 12.3 Å². The van der Waals surface area contributed by atoms with Crippen LogP contribution in [0.15, 0.2) is 12.1 Å². The van der Waals surface area contributed by atoms with E-state index in [0.29, 0.717) is 17.9 Å². The van der Waals surface area contributed by atoms with Gasteiger partial charge in [0.25, 0.3) is 0 Å². The summed E-state index contributed by atoms with van der Waals surface area (Å²) in [6.45, 7) is 5.16. The second kappa shape index (κ2) is 6.09. The number of aryl methyl sites for hydroxylation is 1. The van der Waals surface area contributed by atoms with Crippen LogP contribution in [0, 0.1) is 17.3 Å². The second-order valence-corrected chi connectivity index (χ2v) is 8.24. The van der Waals surface area contributed by atoms with Crippen molar-refractivity contribution in [2.45, 2.75) is 64.7 Å². The summed E-state index contributed by atoms with van der Waals surface area (Å²) in [6, 6.07) is 4.40. The monoisotopic (exact) mass is 327 g/mol. The molecule has 130 valence electrons. The van der Waals surface area contributed by atoms with Crippen LogP contribution in [0.4, 0.5) is 5.69 Å². The summed E-state index contributed by atoms with van der Waals surface area (Å²) in [7, 11) is 0. The van der Waals surface area contributed by atoms with Crippen molar-refractivity contribution in [3.8, 4) is 5.75 Å². The molecule has 3 aliphatic carbocycles. The molecule has 4 unspecified atom stereocenters. The van der Waals surface area contributed by atoms with E-state index < -0.39 is 0 Å². The molecule has 0 saturated heterocycles. The second-order valence-electron chi connectivity index (χ2n) is 8.24. The fourth-order valence-electron chi connectivity index (χ4n) is 6.04. The first-order valence-corrected chi connectivity index (χ1v) is 9.66. The van der Waals surface area contributed by atoms with Crippen LogP contribution in [-0.2, 0) is 11.2 Å². The summed E-state index contributed by atoms with van der Waals surface area (Å²) in [6.07, 6.45) is 10.2. The van der Waals surface area contributed by atoms with E-state index in [4.69, 9.17) is 4.74 Å². The molecule has 1 N–H and O–H groups in total. The molecule has 0 aromatic heterocycles. The average Bonchev–Trinajstić information content (AvgIpc) is 2.97. The SMILES string of the molecule is CCOc1cc2c(cc1NC=O)CCC1C2CCC2(C)CCCC12. The van der Waals surface area contributed by atoms with E-state index in [1.54, 1.807) is 0 Å². The number of ether oxygens (including phenoxy) is 1. The molecule has 24 heavy (non-hydrogen) atoms. The maximum atomic E-state index is 10.9. The van der Waals surface area contributed by atoms with E-state index in [0.717, 1.165) is 36.1 Å². The first-order valence-electron chi connectivity index (χ1n) is 9.66.